The first-order valence-electron chi connectivity index (χ1n) is 6.07. The summed E-state index contributed by atoms with van der Waals surface area (Å²) in [6.07, 6.45) is 2.27. The SMILES string of the molecule is CCCC(C)COc1ccc(N)cc1C(C)=O. The van der Waals surface area contributed by atoms with Crippen molar-refractivity contribution in [3.8, 4) is 5.75 Å². The molecule has 2 N–H and O–H groups in total. The fourth-order valence-electron chi connectivity index (χ4n) is 1.76. The summed E-state index contributed by atoms with van der Waals surface area (Å²) in [4.78, 5) is 11.5. The van der Waals surface area contributed by atoms with Gasteiger partial charge in [-0.05, 0) is 37.5 Å². The number of Topliss-reactive ketones (excluding diaryl/α,β-unsaturated/α-hetero) is 1. The number of nitrogens with two attached hydrogens (primary N) is 1. The molecule has 3 heteroatoms. The third-order valence-corrected chi connectivity index (χ3v) is 2.69. The number of ether oxygens (including phenoxy) is 1. The summed E-state index contributed by atoms with van der Waals surface area (Å²) in [5.41, 5.74) is 6.81. The minimum atomic E-state index is -0.0181. The van der Waals surface area contributed by atoms with Gasteiger partial charge >= 0.3 is 0 Å². The summed E-state index contributed by atoms with van der Waals surface area (Å²) in [6.45, 7) is 6.46. The highest BCUT2D eigenvalue weighted by Crippen LogP contribution is 2.23. The summed E-state index contributed by atoms with van der Waals surface area (Å²) in [5.74, 6) is 1.11. The van der Waals surface area contributed by atoms with Crippen LogP contribution in [0.5, 0.6) is 5.75 Å². The summed E-state index contributed by atoms with van der Waals surface area (Å²) < 4.78 is 5.69. The van der Waals surface area contributed by atoms with Gasteiger partial charge in [-0.3, -0.25) is 4.79 Å². The maximum atomic E-state index is 11.5. The first kappa shape index (κ1) is 13.6. The van der Waals surface area contributed by atoms with Crippen LogP contribution in [-0.4, -0.2) is 12.4 Å². The van der Waals surface area contributed by atoms with Crippen LogP contribution in [0, 0.1) is 5.92 Å². The lowest BCUT2D eigenvalue weighted by Crippen LogP contribution is -2.10. The molecule has 0 saturated carbocycles. The molecule has 0 bridgehead atoms. The number of benzene rings is 1. The average molecular weight is 235 g/mol. The van der Waals surface area contributed by atoms with Crippen LogP contribution in [0.4, 0.5) is 5.69 Å². The van der Waals surface area contributed by atoms with Gasteiger partial charge in [-0.15, -0.1) is 0 Å². The molecule has 0 aliphatic heterocycles. The van der Waals surface area contributed by atoms with Crippen molar-refractivity contribution in [2.45, 2.75) is 33.6 Å². The van der Waals surface area contributed by atoms with Crippen LogP contribution in [-0.2, 0) is 0 Å². The minimum Gasteiger partial charge on any atom is -0.493 e. The Morgan fingerprint density at radius 3 is 2.76 bits per heavy atom. The van der Waals surface area contributed by atoms with Gasteiger partial charge in [0.2, 0.25) is 0 Å². The van der Waals surface area contributed by atoms with Crippen LogP contribution >= 0.6 is 0 Å². The van der Waals surface area contributed by atoms with Gasteiger partial charge in [-0.1, -0.05) is 20.3 Å². The standard InChI is InChI=1S/C14H21NO2/c1-4-5-10(2)9-17-14-7-6-12(15)8-13(14)11(3)16/h6-8,10H,4-5,9,15H2,1-3H3. The Morgan fingerprint density at radius 2 is 2.18 bits per heavy atom. The van der Waals surface area contributed by atoms with Crippen molar-refractivity contribution in [2.75, 3.05) is 12.3 Å². The lowest BCUT2D eigenvalue weighted by molar-refractivity contribution is 0.101. The van der Waals surface area contributed by atoms with Crippen molar-refractivity contribution in [3.63, 3.8) is 0 Å². The number of carbonyl (C=O) groups excluding carboxylic acids is 1. The molecule has 0 spiro atoms. The number of nitrogen functional groups attached to an aromatic ring is 1. The van der Waals surface area contributed by atoms with Gasteiger partial charge in [0.05, 0.1) is 12.2 Å². The Bertz CT molecular complexity index is 388. The van der Waals surface area contributed by atoms with Gasteiger partial charge in [0.25, 0.3) is 0 Å². The van der Waals surface area contributed by atoms with Gasteiger partial charge in [-0.2, -0.15) is 0 Å². The number of rotatable bonds is 6. The molecule has 0 aliphatic rings. The van der Waals surface area contributed by atoms with Crippen LogP contribution in [0.25, 0.3) is 0 Å². The van der Waals surface area contributed by atoms with Crippen molar-refractivity contribution in [1.82, 2.24) is 0 Å². The Labute approximate surface area is 103 Å². The van der Waals surface area contributed by atoms with Crippen LogP contribution in [0.15, 0.2) is 18.2 Å². The van der Waals surface area contributed by atoms with Gasteiger partial charge in [0.1, 0.15) is 5.75 Å². The average Bonchev–Trinajstić information content (AvgIpc) is 2.27. The lowest BCUT2D eigenvalue weighted by atomic mass is 10.1. The normalized spacial score (nSPS) is 12.2. The molecule has 0 fully saturated rings. The lowest BCUT2D eigenvalue weighted by Gasteiger charge is -2.14. The van der Waals surface area contributed by atoms with Crippen molar-refractivity contribution >= 4 is 11.5 Å². The third kappa shape index (κ3) is 4.10. The quantitative estimate of drug-likeness (QED) is 0.608. The van der Waals surface area contributed by atoms with Gasteiger partial charge in [0, 0.05) is 5.69 Å². The zero-order valence-electron chi connectivity index (χ0n) is 10.8. The molecule has 0 saturated heterocycles. The molecule has 17 heavy (non-hydrogen) atoms. The topological polar surface area (TPSA) is 52.3 Å². The largest absolute Gasteiger partial charge is 0.493 e. The first-order valence-corrected chi connectivity index (χ1v) is 6.07. The van der Waals surface area contributed by atoms with Gasteiger partial charge in [-0.25, -0.2) is 0 Å². The highest BCUT2D eigenvalue weighted by Gasteiger charge is 2.10. The molecule has 3 nitrogen and oxygen atoms in total. The molecular formula is C14H21NO2. The predicted octanol–water partition coefficient (Wildman–Crippen LogP) is 3.29. The van der Waals surface area contributed by atoms with E-state index in [1.54, 1.807) is 18.2 Å². The van der Waals surface area contributed by atoms with E-state index in [1.807, 2.05) is 0 Å². The molecule has 94 valence electrons. The maximum Gasteiger partial charge on any atom is 0.163 e. The van der Waals surface area contributed by atoms with E-state index in [2.05, 4.69) is 13.8 Å². The van der Waals surface area contributed by atoms with Crippen LogP contribution < -0.4 is 10.5 Å². The summed E-state index contributed by atoms with van der Waals surface area (Å²) in [6, 6.07) is 5.19. The molecule has 0 radical (unpaired) electrons. The molecule has 0 aromatic heterocycles. The fraction of sp³-hybridized carbons (Fsp3) is 0.500. The number of ketones is 1. The molecule has 0 amide bonds. The molecule has 1 atom stereocenters. The molecule has 0 heterocycles. The highest BCUT2D eigenvalue weighted by molar-refractivity contribution is 5.97. The van der Waals surface area contributed by atoms with E-state index in [4.69, 9.17) is 10.5 Å². The Hall–Kier alpha value is -1.51. The summed E-state index contributed by atoms with van der Waals surface area (Å²) >= 11 is 0. The molecule has 1 unspecified atom stereocenters. The van der Waals surface area contributed by atoms with E-state index in [1.165, 1.54) is 6.92 Å². The van der Waals surface area contributed by atoms with Gasteiger partial charge in [0.15, 0.2) is 5.78 Å². The van der Waals surface area contributed by atoms with Crippen molar-refractivity contribution in [1.29, 1.82) is 0 Å². The predicted molar refractivity (Wildman–Crippen MR) is 70.4 cm³/mol. The maximum absolute atomic E-state index is 11.5. The number of hydrogen-bond donors (Lipinski definition) is 1. The third-order valence-electron chi connectivity index (χ3n) is 2.69. The number of hydrogen-bond acceptors (Lipinski definition) is 3. The second kappa shape index (κ2) is 6.28. The summed E-state index contributed by atoms with van der Waals surface area (Å²) in [7, 11) is 0. The number of anilines is 1. The zero-order chi connectivity index (χ0) is 12.8. The second-order valence-electron chi connectivity index (χ2n) is 4.52. The minimum absolute atomic E-state index is 0.0181. The zero-order valence-corrected chi connectivity index (χ0v) is 10.8. The van der Waals surface area contributed by atoms with Crippen LogP contribution in [0.3, 0.4) is 0 Å². The summed E-state index contributed by atoms with van der Waals surface area (Å²) in [5, 5.41) is 0. The van der Waals surface area contributed by atoms with E-state index in [-0.39, 0.29) is 5.78 Å². The molecule has 1 aromatic rings. The molecule has 0 aliphatic carbocycles. The second-order valence-corrected chi connectivity index (χ2v) is 4.52. The molecular weight excluding hydrogens is 214 g/mol. The van der Waals surface area contributed by atoms with Crippen LogP contribution in [0.2, 0.25) is 0 Å². The van der Waals surface area contributed by atoms with E-state index >= 15 is 0 Å². The smallest absolute Gasteiger partial charge is 0.163 e. The van der Waals surface area contributed by atoms with Crippen molar-refractivity contribution in [3.05, 3.63) is 23.8 Å². The molecule has 1 rings (SSSR count). The molecule has 1 aromatic carbocycles. The van der Waals surface area contributed by atoms with E-state index in [9.17, 15) is 4.79 Å². The number of carbonyl (C=O) groups is 1. The fourth-order valence-corrected chi connectivity index (χ4v) is 1.76. The monoisotopic (exact) mass is 235 g/mol. The van der Waals surface area contributed by atoms with E-state index in [0.717, 1.165) is 12.8 Å². The Morgan fingerprint density at radius 1 is 1.47 bits per heavy atom. The Balaban J connectivity index is 2.73. The first-order chi connectivity index (χ1) is 8.04. The van der Waals surface area contributed by atoms with E-state index < -0.39 is 0 Å². The van der Waals surface area contributed by atoms with Crippen molar-refractivity contribution in [2.24, 2.45) is 5.92 Å². The van der Waals surface area contributed by atoms with E-state index in [0.29, 0.717) is 29.5 Å². The van der Waals surface area contributed by atoms with Crippen molar-refractivity contribution < 1.29 is 9.53 Å². The highest BCUT2D eigenvalue weighted by atomic mass is 16.5. The Kier molecular flexibility index (Phi) is 5.01. The van der Waals surface area contributed by atoms with Crippen LogP contribution in [0.1, 0.15) is 44.0 Å². The van der Waals surface area contributed by atoms with Gasteiger partial charge < -0.3 is 10.5 Å².